The molecule has 12 heteroatoms. The van der Waals surface area contributed by atoms with E-state index in [1.165, 1.54) is 0 Å². The SMILES string of the molecule is CCOC(=O)[C@H](C)NP(=O)(COc1ccc(C[C@H]2NC(=O)N[C@H](Cc3ccccc3)[C@@H]3OC(C)(C)O[C@H]32)cc1)Oc1ccccc1. The molecule has 0 saturated carbocycles. The summed E-state index contributed by atoms with van der Waals surface area (Å²) >= 11 is 0. The first-order chi connectivity index (χ1) is 22.0. The van der Waals surface area contributed by atoms with Crippen LogP contribution in [0.15, 0.2) is 84.9 Å². The minimum absolute atomic E-state index is 0.200. The van der Waals surface area contributed by atoms with Crippen molar-refractivity contribution in [3.63, 3.8) is 0 Å². The van der Waals surface area contributed by atoms with Gasteiger partial charge in [-0.15, -0.1) is 0 Å². The third-order valence-electron chi connectivity index (χ3n) is 7.69. The predicted octanol–water partition coefficient (Wildman–Crippen LogP) is 5.19. The topological polar surface area (TPSA) is 133 Å². The third kappa shape index (κ3) is 8.88. The number of rotatable bonds is 13. The van der Waals surface area contributed by atoms with Gasteiger partial charge in [-0.05, 0) is 75.9 Å². The van der Waals surface area contributed by atoms with E-state index in [9.17, 15) is 14.2 Å². The van der Waals surface area contributed by atoms with Gasteiger partial charge in [-0.1, -0.05) is 60.7 Å². The average Bonchev–Trinajstić information content (AvgIpc) is 3.31. The molecule has 2 aliphatic heterocycles. The molecular weight excluding hydrogens is 609 g/mol. The molecule has 5 rings (SSSR count). The Kier molecular flexibility index (Phi) is 10.7. The zero-order valence-corrected chi connectivity index (χ0v) is 27.4. The van der Waals surface area contributed by atoms with Gasteiger partial charge in [0.15, 0.2) is 12.1 Å². The van der Waals surface area contributed by atoms with Crippen LogP contribution in [0.1, 0.15) is 38.8 Å². The maximum atomic E-state index is 13.8. The van der Waals surface area contributed by atoms with E-state index in [1.807, 2.05) is 62.4 Å². The monoisotopic (exact) mass is 651 g/mol. The van der Waals surface area contributed by atoms with Gasteiger partial charge in [0.25, 0.3) is 0 Å². The molecule has 0 radical (unpaired) electrons. The highest BCUT2D eigenvalue weighted by Crippen LogP contribution is 2.44. The number of amides is 2. The van der Waals surface area contributed by atoms with Crippen LogP contribution in [0, 0.1) is 0 Å². The van der Waals surface area contributed by atoms with Gasteiger partial charge in [0.05, 0.1) is 18.7 Å². The Balaban J connectivity index is 1.26. The molecule has 2 aliphatic rings. The molecule has 6 atom stereocenters. The summed E-state index contributed by atoms with van der Waals surface area (Å²) in [5.74, 6) is -0.518. The summed E-state index contributed by atoms with van der Waals surface area (Å²) in [6, 6.07) is 24.2. The van der Waals surface area contributed by atoms with Crippen molar-refractivity contribution in [1.82, 2.24) is 15.7 Å². The quantitative estimate of drug-likeness (QED) is 0.169. The van der Waals surface area contributed by atoms with Gasteiger partial charge in [-0.25, -0.2) is 9.88 Å². The van der Waals surface area contributed by atoms with Gasteiger partial charge in [0.1, 0.15) is 29.7 Å². The summed E-state index contributed by atoms with van der Waals surface area (Å²) in [6.07, 6.45) is 0.0267. The molecule has 0 aliphatic carbocycles. The number of benzene rings is 3. The summed E-state index contributed by atoms with van der Waals surface area (Å²) in [5, 5.41) is 8.96. The number of ether oxygens (including phenoxy) is 4. The lowest BCUT2D eigenvalue weighted by molar-refractivity contribution is -0.151. The van der Waals surface area contributed by atoms with Crippen LogP contribution in [-0.2, 0) is 36.4 Å². The molecule has 2 saturated heterocycles. The maximum absolute atomic E-state index is 13.8. The molecular formula is C34H42N3O8P. The molecule has 3 aromatic rings. The fourth-order valence-corrected chi connectivity index (χ4v) is 7.33. The molecule has 2 amide bonds. The highest BCUT2D eigenvalue weighted by Gasteiger charge is 2.50. The largest absolute Gasteiger partial charge is 0.481 e. The molecule has 46 heavy (non-hydrogen) atoms. The molecule has 2 heterocycles. The van der Waals surface area contributed by atoms with E-state index < -0.39 is 25.3 Å². The smallest absolute Gasteiger partial charge is 0.354 e. The van der Waals surface area contributed by atoms with Gasteiger partial charge >= 0.3 is 19.5 Å². The first-order valence-electron chi connectivity index (χ1n) is 15.5. The molecule has 1 unspecified atom stereocenters. The average molecular weight is 652 g/mol. The number of nitrogens with one attached hydrogen (secondary N) is 3. The van der Waals surface area contributed by atoms with Crippen molar-refractivity contribution in [2.75, 3.05) is 13.0 Å². The second-order valence-corrected chi connectivity index (χ2v) is 13.9. The van der Waals surface area contributed by atoms with E-state index in [4.69, 9.17) is 23.5 Å². The highest BCUT2D eigenvalue weighted by atomic mass is 31.2. The Morgan fingerprint density at radius 2 is 1.41 bits per heavy atom. The van der Waals surface area contributed by atoms with Gasteiger partial charge < -0.3 is 34.1 Å². The molecule has 0 aromatic heterocycles. The Morgan fingerprint density at radius 1 is 0.870 bits per heavy atom. The van der Waals surface area contributed by atoms with Crippen LogP contribution >= 0.6 is 7.52 Å². The summed E-state index contributed by atoms with van der Waals surface area (Å²) in [7, 11) is -3.71. The van der Waals surface area contributed by atoms with E-state index in [0.29, 0.717) is 24.3 Å². The first kappa shape index (κ1) is 33.5. The van der Waals surface area contributed by atoms with Crippen molar-refractivity contribution in [2.45, 2.75) is 76.7 Å². The summed E-state index contributed by atoms with van der Waals surface area (Å²) in [5.41, 5.74) is 2.03. The zero-order chi connectivity index (χ0) is 32.7. The second-order valence-electron chi connectivity index (χ2n) is 11.9. The number of hydrogen-bond donors (Lipinski definition) is 3. The third-order valence-corrected chi connectivity index (χ3v) is 9.45. The predicted molar refractivity (Wildman–Crippen MR) is 173 cm³/mol. The van der Waals surface area contributed by atoms with Crippen LogP contribution in [0.4, 0.5) is 4.79 Å². The Hall–Kier alpha value is -3.89. The molecule has 246 valence electrons. The maximum Gasteiger partial charge on any atom is 0.354 e. The molecule has 2 fully saturated rings. The lowest BCUT2D eigenvalue weighted by Crippen LogP contribution is -2.47. The molecule has 0 bridgehead atoms. The van der Waals surface area contributed by atoms with Crippen LogP contribution in [0.3, 0.4) is 0 Å². The van der Waals surface area contributed by atoms with E-state index in [-0.39, 0.29) is 43.3 Å². The molecule has 11 nitrogen and oxygen atoms in total. The van der Waals surface area contributed by atoms with Crippen molar-refractivity contribution in [1.29, 1.82) is 0 Å². The van der Waals surface area contributed by atoms with Crippen molar-refractivity contribution in [2.24, 2.45) is 0 Å². The van der Waals surface area contributed by atoms with E-state index in [1.54, 1.807) is 50.2 Å². The van der Waals surface area contributed by atoms with Crippen molar-refractivity contribution in [3.05, 3.63) is 96.1 Å². The van der Waals surface area contributed by atoms with Crippen LogP contribution in [-0.4, -0.2) is 61.1 Å². The van der Waals surface area contributed by atoms with Gasteiger partial charge in [-0.2, -0.15) is 0 Å². The lowest BCUT2D eigenvalue weighted by Gasteiger charge is -2.26. The normalized spacial score (nSPS) is 23.9. The number of carbonyl (C=O) groups is 2. The highest BCUT2D eigenvalue weighted by molar-refractivity contribution is 7.57. The van der Waals surface area contributed by atoms with Gasteiger partial charge in [0, 0.05) is 0 Å². The number of carbonyl (C=O) groups excluding carboxylic acids is 2. The summed E-state index contributed by atoms with van der Waals surface area (Å²) in [6.45, 7) is 7.23. The van der Waals surface area contributed by atoms with Crippen molar-refractivity contribution < 1.29 is 37.6 Å². The zero-order valence-electron chi connectivity index (χ0n) is 26.5. The second kappa shape index (κ2) is 14.7. The van der Waals surface area contributed by atoms with Gasteiger partial charge in [-0.3, -0.25) is 9.36 Å². The number of fused-ring (bicyclic) bond motifs is 1. The molecule has 3 N–H and O–H groups in total. The fourth-order valence-electron chi connectivity index (χ4n) is 5.68. The number of para-hydroxylation sites is 1. The van der Waals surface area contributed by atoms with Crippen LogP contribution in [0.5, 0.6) is 11.5 Å². The lowest BCUT2D eigenvalue weighted by atomic mass is 9.92. The minimum Gasteiger partial charge on any atom is -0.481 e. The van der Waals surface area contributed by atoms with E-state index in [0.717, 1.165) is 11.1 Å². The van der Waals surface area contributed by atoms with Crippen LogP contribution in [0.25, 0.3) is 0 Å². The summed E-state index contributed by atoms with van der Waals surface area (Å²) in [4.78, 5) is 25.2. The van der Waals surface area contributed by atoms with E-state index in [2.05, 4.69) is 15.7 Å². The van der Waals surface area contributed by atoms with Crippen LogP contribution in [0.2, 0.25) is 0 Å². The number of esters is 1. The van der Waals surface area contributed by atoms with Crippen molar-refractivity contribution >= 4 is 19.5 Å². The summed E-state index contributed by atoms with van der Waals surface area (Å²) < 4.78 is 43.3. The standard InChI is InChI=1S/C34H42N3O8P/c1-5-41-32(38)23(2)37-46(40,45-27-14-10-7-11-15-27)22-42-26-18-16-25(17-19-26)21-29-31-30(43-34(3,4)44-31)28(35-33(39)36-29)20-24-12-8-6-9-13-24/h6-19,23,28-31H,5,20-22H2,1-4H3,(H,37,40)(H2,35,36,39)/t23-,28+,29+,30-,31-,46?/m0/s1. The first-order valence-corrected chi connectivity index (χ1v) is 17.3. The Bertz CT molecular complexity index is 1510. The molecule has 3 aromatic carbocycles. The van der Waals surface area contributed by atoms with E-state index >= 15 is 0 Å². The number of hydrogen-bond acceptors (Lipinski definition) is 8. The minimum atomic E-state index is -3.71. The number of urea groups is 1. The van der Waals surface area contributed by atoms with Crippen molar-refractivity contribution in [3.8, 4) is 11.5 Å². The van der Waals surface area contributed by atoms with Crippen LogP contribution < -0.4 is 25.0 Å². The Labute approximate surface area is 269 Å². The Morgan fingerprint density at radius 3 is 1.98 bits per heavy atom. The van der Waals surface area contributed by atoms with Gasteiger partial charge in [0.2, 0.25) is 0 Å². The fraction of sp³-hybridized carbons (Fsp3) is 0.412. The molecule has 0 spiro atoms.